The number of aromatic nitrogens is 4. The Hall–Kier alpha value is -9.31. The van der Waals surface area contributed by atoms with E-state index in [1.165, 1.54) is 0 Å². The molecular formula is C61H40N6. The van der Waals surface area contributed by atoms with E-state index in [0.29, 0.717) is 17.2 Å². The van der Waals surface area contributed by atoms with E-state index in [0.717, 1.165) is 106 Å². The van der Waals surface area contributed by atoms with Gasteiger partial charge in [0, 0.05) is 38.9 Å². The van der Waals surface area contributed by atoms with E-state index in [2.05, 4.69) is 152 Å². The first-order valence-electron chi connectivity index (χ1n) is 22.1. The summed E-state index contributed by atoms with van der Waals surface area (Å²) in [5.74, 6) is 1.29. The third kappa shape index (κ3) is 8.21. The molecule has 0 amide bonds. The van der Waals surface area contributed by atoms with Crippen molar-refractivity contribution >= 4 is 16.6 Å². The van der Waals surface area contributed by atoms with Gasteiger partial charge in [-0.1, -0.05) is 176 Å². The maximum atomic E-state index is 9.36. The summed E-state index contributed by atoms with van der Waals surface area (Å²) in [5, 5.41) is 10.3. The van der Waals surface area contributed by atoms with Crippen LogP contribution >= 0.6 is 0 Å². The van der Waals surface area contributed by atoms with Crippen LogP contribution in [0.5, 0.6) is 0 Å². The van der Waals surface area contributed by atoms with Gasteiger partial charge in [-0.15, -0.1) is 0 Å². The predicted molar refractivity (Wildman–Crippen MR) is 273 cm³/mol. The Morgan fingerprint density at radius 3 is 1.57 bits per heavy atom. The number of nitrogen functional groups attached to an aromatic ring is 1. The predicted octanol–water partition coefficient (Wildman–Crippen LogP) is 14.9. The maximum absolute atomic E-state index is 9.36. The molecule has 0 fully saturated rings. The first kappa shape index (κ1) is 40.5. The minimum atomic E-state index is 0.631. The van der Waals surface area contributed by atoms with Crippen molar-refractivity contribution in [3.8, 4) is 107 Å². The lowest BCUT2D eigenvalue weighted by Crippen LogP contribution is -1.98. The fourth-order valence-corrected chi connectivity index (χ4v) is 8.73. The largest absolute Gasteiger partial charge is 0.399 e. The molecule has 0 saturated heterocycles. The van der Waals surface area contributed by atoms with Gasteiger partial charge in [0.25, 0.3) is 0 Å². The number of para-hydroxylation sites is 1. The van der Waals surface area contributed by atoms with Gasteiger partial charge in [0.05, 0.1) is 34.2 Å². The molecule has 2 N–H and O–H groups in total. The van der Waals surface area contributed by atoms with Crippen molar-refractivity contribution in [2.75, 3.05) is 5.73 Å². The molecule has 11 aromatic rings. The van der Waals surface area contributed by atoms with E-state index in [-0.39, 0.29) is 0 Å². The lowest BCUT2D eigenvalue weighted by atomic mass is 9.90. The molecule has 9 aromatic carbocycles. The SMILES string of the molecule is N#Cc1ccc(-c2cccc(-c3nc(-c4cccc(-c5ccccc5-c5ccccc5-c5cc(-c6cccc(-c7ccc(N)cc7)c6)nc(-c6ccccc6)n5)c4)nc4ccccc34)c2)cc1. The van der Waals surface area contributed by atoms with Crippen LogP contribution < -0.4 is 5.73 Å². The Kier molecular flexibility index (Phi) is 10.7. The summed E-state index contributed by atoms with van der Waals surface area (Å²) in [7, 11) is 0. The highest BCUT2D eigenvalue weighted by Crippen LogP contribution is 2.41. The molecule has 11 rings (SSSR count). The Morgan fingerprint density at radius 1 is 0.328 bits per heavy atom. The number of hydrogen-bond donors (Lipinski definition) is 1. The molecule has 314 valence electrons. The molecule has 67 heavy (non-hydrogen) atoms. The van der Waals surface area contributed by atoms with Crippen molar-refractivity contribution in [3.05, 3.63) is 236 Å². The van der Waals surface area contributed by atoms with Crippen molar-refractivity contribution in [2.45, 2.75) is 0 Å². The van der Waals surface area contributed by atoms with Crippen molar-refractivity contribution < 1.29 is 0 Å². The first-order valence-corrected chi connectivity index (χ1v) is 22.1. The average molecular weight is 857 g/mol. The summed E-state index contributed by atoms with van der Waals surface area (Å²) in [6.07, 6.45) is 0. The monoisotopic (exact) mass is 856 g/mol. The zero-order valence-corrected chi connectivity index (χ0v) is 36.3. The van der Waals surface area contributed by atoms with E-state index in [4.69, 9.17) is 25.7 Å². The quantitative estimate of drug-likeness (QED) is 0.145. The summed E-state index contributed by atoms with van der Waals surface area (Å²) in [6, 6.07) is 80.6. The average Bonchev–Trinajstić information content (AvgIpc) is 3.41. The number of nitrogens with two attached hydrogens (primary N) is 1. The lowest BCUT2D eigenvalue weighted by Gasteiger charge is -2.16. The van der Waals surface area contributed by atoms with Gasteiger partial charge in [-0.2, -0.15) is 5.26 Å². The molecule has 2 aromatic heterocycles. The molecular weight excluding hydrogens is 817 g/mol. The molecule has 0 bridgehead atoms. The maximum Gasteiger partial charge on any atom is 0.160 e. The topological polar surface area (TPSA) is 101 Å². The first-order chi connectivity index (χ1) is 33.0. The highest BCUT2D eigenvalue weighted by atomic mass is 14.9. The zero-order chi connectivity index (χ0) is 45.1. The van der Waals surface area contributed by atoms with Crippen molar-refractivity contribution in [3.63, 3.8) is 0 Å². The molecule has 0 atom stereocenters. The van der Waals surface area contributed by atoms with Crippen molar-refractivity contribution in [2.24, 2.45) is 0 Å². The minimum absolute atomic E-state index is 0.631. The Balaban J connectivity index is 1.00. The van der Waals surface area contributed by atoms with E-state index in [9.17, 15) is 5.26 Å². The van der Waals surface area contributed by atoms with Gasteiger partial charge in [0.1, 0.15) is 0 Å². The summed E-state index contributed by atoms with van der Waals surface area (Å²) in [5.41, 5.74) is 24.0. The normalized spacial score (nSPS) is 11.0. The fraction of sp³-hybridized carbons (Fsp3) is 0. The number of benzene rings is 9. The molecule has 2 heterocycles. The summed E-state index contributed by atoms with van der Waals surface area (Å²) >= 11 is 0. The summed E-state index contributed by atoms with van der Waals surface area (Å²) in [6.45, 7) is 0. The van der Waals surface area contributed by atoms with Crippen LogP contribution in [0, 0.1) is 11.3 Å². The van der Waals surface area contributed by atoms with Gasteiger partial charge in [-0.25, -0.2) is 19.9 Å². The van der Waals surface area contributed by atoms with Crippen molar-refractivity contribution in [1.82, 2.24) is 19.9 Å². The summed E-state index contributed by atoms with van der Waals surface area (Å²) in [4.78, 5) is 20.9. The number of nitrogens with zero attached hydrogens (tertiary/aromatic N) is 5. The lowest BCUT2D eigenvalue weighted by molar-refractivity contribution is 1.18. The van der Waals surface area contributed by atoms with Gasteiger partial charge < -0.3 is 5.73 Å². The second-order valence-electron chi connectivity index (χ2n) is 16.4. The molecule has 0 aliphatic rings. The fourth-order valence-electron chi connectivity index (χ4n) is 8.73. The number of hydrogen-bond acceptors (Lipinski definition) is 6. The number of fused-ring (bicyclic) bond motifs is 1. The number of anilines is 1. The highest BCUT2D eigenvalue weighted by Gasteiger charge is 2.18. The molecule has 6 nitrogen and oxygen atoms in total. The van der Waals surface area contributed by atoms with Crippen LogP contribution in [0.25, 0.3) is 112 Å². The van der Waals surface area contributed by atoms with Crippen LogP contribution in [-0.2, 0) is 0 Å². The second-order valence-corrected chi connectivity index (χ2v) is 16.4. The standard InChI is InChI=1S/C61H40N6/c62-39-40-27-29-41(30-28-40)45-16-11-19-48(36-45)59-55-25-8-9-26-56(55)64-61(67-59)49-20-12-17-46(37-49)51-21-4-5-22-52(51)53-23-6-7-24-54(53)58-38-57(65-60(66-58)43-13-2-1-3-14-43)47-18-10-15-44(35-47)42-31-33-50(63)34-32-42/h1-38H,63H2. The van der Waals surface area contributed by atoms with Gasteiger partial charge in [0.15, 0.2) is 11.6 Å². The van der Waals surface area contributed by atoms with Crippen LogP contribution in [-0.4, -0.2) is 19.9 Å². The molecule has 0 aliphatic heterocycles. The molecule has 0 saturated carbocycles. The number of rotatable bonds is 9. The third-order valence-electron chi connectivity index (χ3n) is 12.1. The Morgan fingerprint density at radius 2 is 0.836 bits per heavy atom. The van der Waals surface area contributed by atoms with E-state index in [1.54, 1.807) is 0 Å². The van der Waals surface area contributed by atoms with Crippen LogP contribution in [0.2, 0.25) is 0 Å². The van der Waals surface area contributed by atoms with Crippen LogP contribution in [0.3, 0.4) is 0 Å². The van der Waals surface area contributed by atoms with Crippen molar-refractivity contribution in [1.29, 1.82) is 5.26 Å². The molecule has 0 aliphatic carbocycles. The molecule has 6 heteroatoms. The Labute approximate surface area is 389 Å². The van der Waals surface area contributed by atoms with Gasteiger partial charge in [0.2, 0.25) is 0 Å². The van der Waals surface area contributed by atoms with Gasteiger partial charge in [-0.3, -0.25) is 0 Å². The minimum Gasteiger partial charge on any atom is -0.399 e. The van der Waals surface area contributed by atoms with Gasteiger partial charge in [-0.05, 0) is 99.1 Å². The zero-order valence-electron chi connectivity index (χ0n) is 36.3. The van der Waals surface area contributed by atoms with E-state index >= 15 is 0 Å². The Bertz CT molecular complexity index is 3650. The molecule has 0 unspecified atom stereocenters. The van der Waals surface area contributed by atoms with Crippen LogP contribution in [0.1, 0.15) is 5.56 Å². The van der Waals surface area contributed by atoms with Crippen LogP contribution in [0.4, 0.5) is 5.69 Å². The molecule has 0 spiro atoms. The van der Waals surface area contributed by atoms with Crippen LogP contribution in [0.15, 0.2) is 231 Å². The molecule has 0 radical (unpaired) electrons. The second kappa shape index (κ2) is 17.7. The number of nitriles is 1. The smallest absolute Gasteiger partial charge is 0.160 e. The third-order valence-corrected chi connectivity index (χ3v) is 12.1. The summed E-state index contributed by atoms with van der Waals surface area (Å²) < 4.78 is 0. The highest BCUT2D eigenvalue weighted by molar-refractivity contribution is 5.96. The van der Waals surface area contributed by atoms with E-state index in [1.807, 2.05) is 84.9 Å². The van der Waals surface area contributed by atoms with Gasteiger partial charge >= 0.3 is 0 Å². The van der Waals surface area contributed by atoms with E-state index < -0.39 is 0 Å².